The lowest BCUT2D eigenvalue weighted by Crippen LogP contribution is -2.15. The quantitative estimate of drug-likeness (QED) is 0.506. The van der Waals surface area contributed by atoms with Crippen molar-refractivity contribution in [3.8, 4) is 6.07 Å². The highest BCUT2D eigenvalue weighted by Crippen LogP contribution is 2.30. The molecule has 24 heavy (non-hydrogen) atoms. The maximum atomic E-state index is 12.2. The van der Waals surface area contributed by atoms with Gasteiger partial charge in [-0.3, -0.25) is 4.79 Å². The lowest BCUT2D eigenvalue weighted by atomic mass is 10.2. The molecule has 0 bridgehead atoms. The number of halogens is 4. The van der Waals surface area contributed by atoms with E-state index in [9.17, 15) is 4.79 Å². The summed E-state index contributed by atoms with van der Waals surface area (Å²) in [6.45, 7) is 0. The number of nitrogens with one attached hydrogen (secondary N) is 2. The van der Waals surface area contributed by atoms with Gasteiger partial charge in [-0.25, -0.2) is 0 Å². The van der Waals surface area contributed by atoms with E-state index >= 15 is 0 Å². The molecule has 0 unspecified atom stereocenters. The molecule has 2 N–H and O–H groups in total. The van der Waals surface area contributed by atoms with Gasteiger partial charge < -0.3 is 10.6 Å². The van der Waals surface area contributed by atoms with Crippen molar-refractivity contribution in [1.29, 1.82) is 5.26 Å². The Balaban J connectivity index is 2.18. The van der Waals surface area contributed by atoms with E-state index in [-0.39, 0.29) is 10.6 Å². The molecule has 4 nitrogen and oxygen atoms in total. The fraction of sp³-hybridized carbons (Fsp3) is 0. The van der Waals surface area contributed by atoms with Crippen LogP contribution in [0.1, 0.15) is 0 Å². The van der Waals surface area contributed by atoms with Gasteiger partial charge in [0.2, 0.25) is 0 Å². The van der Waals surface area contributed by atoms with Crippen molar-refractivity contribution in [2.24, 2.45) is 0 Å². The normalized spacial score (nSPS) is 10.9. The molecule has 2 aromatic rings. The molecule has 0 aliphatic rings. The van der Waals surface area contributed by atoms with Crippen LogP contribution in [0.4, 0.5) is 11.4 Å². The van der Waals surface area contributed by atoms with Gasteiger partial charge in [-0.15, -0.1) is 0 Å². The minimum atomic E-state index is -0.641. The molecule has 8 heteroatoms. The van der Waals surface area contributed by atoms with E-state index in [1.54, 1.807) is 30.3 Å². The Morgan fingerprint density at radius 2 is 1.71 bits per heavy atom. The second-order valence-electron chi connectivity index (χ2n) is 4.49. The zero-order chi connectivity index (χ0) is 17.7. The summed E-state index contributed by atoms with van der Waals surface area (Å²) in [5, 5.41) is 15.9. The van der Waals surface area contributed by atoms with Crippen molar-refractivity contribution in [3.05, 3.63) is 68.3 Å². The lowest BCUT2D eigenvalue weighted by Gasteiger charge is -2.08. The van der Waals surface area contributed by atoms with Crippen LogP contribution in [0, 0.1) is 11.3 Å². The van der Waals surface area contributed by atoms with Crippen LogP contribution >= 0.6 is 46.4 Å². The molecule has 0 spiro atoms. The molecule has 0 radical (unpaired) electrons. The van der Waals surface area contributed by atoms with Gasteiger partial charge in [0, 0.05) is 11.2 Å². The van der Waals surface area contributed by atoms with Crippen LogP contribution in [0.2, 0.25) is 20.1 Å². The predicted octanol–water partition coefficient (Wildman–Crippen LogP) is 5.76. The van der Waals surface area contributed by atoms with Gasteiger partial charge in [0.25, 0.3) is 5.91 Å². The van der Waals surface area contributed by atoms with Crippen LogP contribution in [-0.4, -0.2) is 5.91 Å². The number of para-hydroxylation sites is 1. The highest BCUT2D eigenvalue weighted by Gasteiger charge is 2.12. The first-order chi connectivity index (χ1) is 11.4. The number of benzene rings is 2. The maximum absolute atomic E-state index is 12.2. The van der Waals surface area contributed by atoms with Crippen molar-refractivity contribution < 1.29 is 4.79 Å². The number of nitriles is 1. The smallest absolute Gasteiger partial charge is 0.267 e. The first-order valence-corrected chi connectivity index (χ1v) is 8.00. The molecule has 2 rings (SSSR count). The topological polar surface area (TPSA) is 64.9 Å². The molecule has 1 amide bonds. The highest BCUT2D eigenvalue weighted by molar-refractivity contribution is 6.39. The summed E-state index contributed by atoms with van der Waals surface area (Å²) in [6.07, 6.45) is 1.21. The van der Waals surface area contributed by atoms with Crippen molar-refractivity contribution in [3.63, 3.8) is 0 Å². The number of nitrogens with zero attached hydrogens (tertiary/aromatic N) is 1. The largest absolute Gasteiger partial charge is 0.358 e. The van der Waals surface area contributed by atoms with Gasteiger partial charge in [0.05, 0.1) is 26.4 Å². The number of carbonyl (C=O) groups is 1. The second kappa shape index (κ2) is 8.27. The van der Waals surface area contributed by atoms with Crippen molar-refractivity contribution in [2.45, 2.75) is 0 Å². The van der Waals surface area contributed by atoms with Crippen molar-refractivity contribution in [2.75, 3.05) is 10.6 Å². The third-order valence-electron chi connectivity index (χ3n) is 2.87. The number of hydrogen-bond acceptors (Lipinski definition) is 3. The zero-order valence-corrected chi connectivity index (χ0v) is 14.9. The number of carbonyl (C=O) groups excluding carboxylic acids is 1. The van der Waals surface area contributed by atoms with Gasteiger partial charge in [-0.05, 0) is 30.3 Å². The number of amides is 1. The summed E-state index contributed by atoms with van der Waals surface area (Å²) in [7, 11) is 0. The average molecular weight is 401 g/mol. The molecular formula is C16H9Cl4N3O. The Morgan fingerprint density at radius 3 is 2.29 bits per heavy atom. The second-order valence-corrected chi connectivity index (χ2v) is 6.15. The SMILES string of the molecule is N#C/C(=C/Nc1c(Cl)cccc1Cl)C(=O)Nc1ccc(Cl)cc1Cl. The molecule has 0 aliphatic heterocycles. The van der Waals surface area contributed by atoms with Crippen molar-refractivity contribution >= 4 is 63.7 Å². The minimum absolute atomic E-state index is 0.183. The Labute approximate surface area is 158 Å². The summed E-state index contributed by atoms with van der Waals surface area (Å²) in [5.74, 6) is -0.641. The molecule has 0 saturated heterocycles. The maximum Gasteiger partial charge on any atom is 0.267 e. The molecule has 122 valence electrons. The van der Waals surface area contributed by atoms with E-state index in [4.69, 9.17) is 51.7 Å². The Bertz CT molecular complexity index is 839. The summed E-state index contributed by atoms with van der Waals surface area (Å²) in [6, 6.07) is 11.3. The highest BCUT2D eigenvalue weighted by atomic mass is 35.5. The monoisotopic (exact) mass is 399 g/mol. The molecule has 0 fully saturated rings. The van der Waals surface area contributed by atoms with Gasteiger partial charge in [-0.2, -0.15) is 5.26 Å². The van der Waals surface area contributed by atoms with E-state index in [1.807, 2.05) is 0 Å². The average Bonchev–Trinajstić information content (AvgIpc) is 2.53. The molecule has 0 aromatic heterocycles. The zero-order valence-electron chi connectivity index (χ0n) is 11.9. The van der Waals surface area contributed by atoms with Crippen LogP contribution in [0.25, 0.3) is 0 Å². The first kappa shape index (κ1) is 18.4. The molecule has 0 aliphatic carbocycles. The Hall–Kier alpha value is -1.90. The van der Waals surface area contributed by atoms with E-state index in [0.717, 1.165) is 0 Å². The van der Waals surface area contributed by atoms with Gasteiger partial charge >= 0.3 is 0 Å². The summed E-state index contributed by atoms with van der Waals surface area (Å²) in [5.41, 5.74) is 0.547. The molecular weight excluding hydrogens is 392 g/mol. The standard InChI is InChI=1S/C16H9Cl4N3O/c17-10-4-5-14(13(20)6-10)23-16(24)9(7-21)8-22-15-11(18)2-1-3-12(15)19/h1-6,8,22H,(H,23,24)/b9-8-. The molecule has 0 atom stereocenters. The molecule has 2 aromatic carbocycles. The van der Waals surface area contributed by atoms with Crippen LogP contribution in [0.3, 0.4) is 0 Å². The predicted molar refractivity (Wildman–Crippen MR) is 98.9 cm³/mol. The van der Waals surface area contributed by atoms with E-state index in [1.165, 1.54) is 18.3 Å². The van der Waals surface area contributed by atoms with E-state index < -0.39 is 5.91 Å². The van der Waals surface area contributed by atoms with Crippen LogP contribution in [-0.2, 0) is 4.79 Å². The van der Waals surface area contributed by atoms with Crippen LogP contribution in [0.15, 0.2) is 48.2 Å². The number of hydrogen-bond donors (Lipinski definition) is 2. The fourth-order valence-corrected chi connectivity index (χ4v) is 2.67. The minimum Gasteiger partial charge on any atom is -0.358 e. The first-order valence-electron chi connectivity index (χ1n) is 6.49. The third-order valence-corrected chi connectivity index (χ3v) is 4.05. The van der Waals surface area contributed by atoms with Crippen LogP contribution < -0.4 is 10.6 Å². The lowest BCUT2D eigenvalue weighted by molar-refractivity contribution is -0.112. The van der Waals surface area contributed by atoms with Gasteiger partial charge in [-0.1, -0.05) is 52.5 Å². The number of anilines is 2. The van der Waals surface area contributed by atoms with Gasteiger partial charge in [0.1, 0.15) is 11.6 Å². The van der Waals surface area contributed by atoms with Crippen molar-refractivity contribution in [1.82, 2.24) is 0 Å². The Kier molecular flexibility index (Phi) is 6.36. The van der Waals surface area contributed by atoms with Gasteiger partial charge in [0.15, 0.2) is 0 Å². The summed E-state index contributed by atoms with van der Waals surface area (Å²) in [4.78, 5) is 12.2. The van der Waals surface area contributed by atoms with E-state index in [2.05, 4.69) is 10.6 Å². The molecule has 0 saturated carbocycles. The third kappa shape index (κ3) is 4.56. The van der Waals surface area contributed by atoms with E-state index in [0.29, 0.717) is 26.4 Å². The summed E-state index contributed by atoms with van der Waals surface area (Å²) < 4.78 is 0. The van der Waals surface area contributed by atoms with Crippen LogP contribution in [0.5, 0.6) is 0 Å². The summed E-state index contributed by atoms with van der Waals surface area (Å²) >= 11 is 23.8. The fourth-order valence-electron chi connectivity index (χ4n) is 1.71. The molecule has 0 heterocycles. The number of rotatable bonds is 4. The Morgan fingerprint density at radius 1 is 1.04 bits per heavy atom.